The molecule has 9 heteroatoms. The number of sulfonamides is 1. The van der Waals surface area contributed by atoms with E-state index in [1.165, 1.54) is 10.6 Å². The van der Waals surface area contributed by atoms with Crippen LogP contribution in [0.2, 0.25) is 0 Å². The first-order valence-electron chi connectivity index (χ1n) is 9.59. The fourth-order valence-corrected chi connectivity index (χ4v) is 4.46. The molecule has 0 aliphatic carbocycles. The van der Waals surface area contributed by atoms with Crippen molar-refractivity contribution < 1.29 is 22.7 Å². The normalized spacial score (nSPS) is 21.4. The van der Waals surface area contributed by atoms with Gasteiger partial charge in [-0.15, -0.1) is 0 Å². The lowest BCUT2D eigenvalue weighted by atomic mass is 9.97. The zero-order chi connectivity index (χ0) is 20.1. The summed E-state index contributed by atoms with van der Waals surface area (Å²) in [4.78, 5) is 25.2. The van der Waals surface area contributed by atoms with Gasteiger partial charge in [0.2, 0.25) is 15.9 Å². The lowest BCUT2D eigenvalue weighted by Gasteiger charge is -2.29. The highest BCUT2D eigenvalue weighted by Gasteiger charge is 2.29. The maximum Gasteiger partial charge on any atom is 0.253 e. The lowest BCUT2D eigenvalue weighted by Crippen LogP contribution is -2.41. The third kappa shape index (κ3) is 5.30. The van der Waals surface area contributed by atoms with Crippen LogP contribution in [0.15, 0.2) is 24.3 Å². The van der Waals surface area contributed by atoms with Crippen LogP contribution in [0.4, 0.5) is 5.69 Å². The van der Waals surface area contributed by atoms with Crippen molar-refractivity contribution in [2.24, 2.45) is 5.92 Å². The van der Waals surface area contributed by atoms with Crippen molar-refractivity contribution in [1.29, 1.82) is 0 Å². The van der Waals surface area contributed by atoms with Crippen LogP contribution in [0.1, 0.15) is 36.0 Å². The van der Waals surface area contributed by atoms with Crippen LogP contribution in [-0.2, 0) is 19.6 Å². The highest BCUT2D eigenvalue weighted by atomic mass is 32.2. The molecule has 2 fully saturated rings. The van der Waals surface area contributed by atoms with Crippen LogP contribution in [-0.4, -0.2) is 63.1 Å². The van der Waals surface area contributed by atoms with Gasteiger partial charge in [-0.1, -0.05) is 12.1 Å². The Morgan fingerprint density at radius 2 is 1.89 bits per heavy atom. The summed E-state index contributed by atoms with van der Waals surface area (Å²) in [5.41, 5.74) is 0.866. The quantitative estimate of drug-likeness (QED) is 0.735. The molecule has 0 bridgehead atoms. The van der Waals surface area contributed by atoms with Crippen molar-refractivity contribution in [3.8, 4) is 0 Å². The third-order valence-electron chi connectivity index (χ3n) is 5.24. The molecule has 2 N–H and O–H groups in total. The van der Waals surface area contributed by atoms with E-state index in [2.05, 4.69) is 10.6 Å². The first kappa shape index (κ1) is 20.8. The van der Waals surface area contributed by atoms with E-state index in [0.717, 1.165) is 19.4 Å². The molecule has 2 aliphatic heterocycles. The highest BCUT2D eigenvalue weighted by molar-refractivity contribution is 7.88. The number of para-hydroxylation sites is 1. The maximum absolute atomic E-state index is 12.6. The minimum absolute atomic E-state index is 0.0470. The van der Waals surface area contributed by atoms with Crippen molar-refractivity contribution in [2.45, 2.75) is 31.8 Å². The second kappa shape index (κ2) is 9.02. The summed E-state index contributed by atoms with van der Waals surface area (Å²) in [6.45, 7) is 1.84. The fraction of sp³-hybridized carbons (Fsp3) is 0.579. The Kier molecular flexibility index (Phi) is 6.69. The Hall–Kier alpha value is -1.97. The van der Waals surface area contributed by atoms with E-state index in [9.17, 15) is 18.0 Å². The molecule has 0 aromatic heterocycles. The van der Waals surface area contributed by atoms with Gasteiger partial charge >= 0.3 is 0 Å². The molecule has 28 heavy (non-hydrogen) atoms. The van der Waals surface area contributed by atoms with Crippen molar-refractivity contribution in [3.05, 3.63) is 29.8 Å². The Labute approximate surface area is 165 Å². The molecule has 1 aromatic carbocycles. The van der Waals surface area contributed by atoms with Gasteiger partial charge in [0, 0.05) is 32.2 Å². The summed E-state index contributed by atoms with van der Waals surface area (Å²) in [6, 6.07) is 6.89. The number of hydrogen-bond acceptors (Lipinski definition) is 5. The topological polar surface area (TPSA) is 105 Å². The van der Waals surface area contributed by atoms with Crippen LogP contribution >= 0.6 is 0 Å². The molecule has 2 heterocycles. The number of nitrogens with zero attached hydrogens (tertiary/aromatic N) is 1. The van der Waals surface area contributed by atoms with Gasteiger partial charge in [-0.05, 0) is 37.8 Å². The average Bonchev–Trinajstić information content (AvgIpc) is 3.19. The van der Waals surface area contributed by atoms with Crippen molar-refractivity contribution in [2.75, 3.05) is 37.8 Å². The molecule has 8 nitrogen and oxygen atoms in total. The Morgan fingerprint density at radius 3 is 2.54 bits per heavy atom. The van der Waals surface area contributed by atoms with Crippen molar-refractivity contribution in [1.82, 2.24) is 9.62 Å². The molecule has 0 saturated carbocycles. The minimum Gasteiger partial charge on any atom is -0.376 e. The summed E-state index contributed by atoms with van der Waals surface area (Å²) in [5, 5.41) is 5.71. The van der Waals surface area contributed by atoms with Gasteiger partial charge in [-0.2, -0.15) is 0 Å². The SMILES string of the molecule is CS(=O)(=O)N1CCC(C(=O)Nc2ccccc2C(=O)NCC2CCCO2)CC1. The molecule has 1 aromatic rings. The Bertz CT molecular complexity index is 813. The van der Waals surface area contributed by atoms with Crippen LogP contribution in [0.25, 0.3) is 0 Å². The molecule has 2 saturated heterocycles. The summed E-state index contributed by atoms with van der Waals surface area (Å²) >= 11 is 0. The number of nitrogens with one attached hydrogen (secondary N) is 2. The molecule has 2 amide bonds. The predicted octanol–water partition coefficient (Wildman–Crippen LogP) is 1.21. The molecular weight excluding hydrogens is 382 g/mol. The first-order chi connectivity index (χ1) is 13.3. The van der Waals surface area contributed by atoms with E-state index >= 15 is 0 Å². The van der Waals surface area contributed by atoms with Crippen LogP contribution in [0.5, 0.6) is 0 Å². The third-order valence-corrected chi connectivity index (χ3v) is 6.54. The summed E-state index contributed by atoms with van der Waals surface area (Å²) < 4.78 is 30.1. The largest absolute Gasteiger partial charge is 0.376 e. The summed E-state index contributed by atoms with van der Waals surface area (Å²) in [7, 11) is -3.23. The smallest absolute Gasteiger partial charge is 0.253 e. The number of amides is 2. The standard InChI is InChI=1S/C19H27N3O5S/c1-28(25,26)22-10-8-14(9-11-22)18(23)21-17-7-3-2-6-16(17)19(24)20-13-15-5-4-12-27-15/h2-3,6-7,14-15H,4-5,8-13H2,1H3,(H,20,24)(H,21,23). The number of benzene rings is 1. The molecule has 2 aliphatic rings. The maximum atomic E-state index is 12.6. The van der Waals surface area contributed by atoms with E-state index in [-0.39, 0.29) is 23.8 Å². The first-order valence-corrected chi connectivity index (χ1v) is 11.4. The van der Waals surface area contributed by atoms with E-state index in [1.54, 1.807) is 24.3 Å². The predicted molar refractivity (Wildman–Crippen MR) is 106 cm³/mol. The number of carbonyl (C=O) groups excluding carboxylic acids is 2. The van der Waals surface area contributed by atoms with Gasteiger partial charge in [-0.25, -0.2) is 12.7 Å². The van der Waals surface area contributed by atoms with Gasteiger partial charge < -0.3 is 15.4 Å². The Balaban J connectivity index is 1.58. The highest BCUT2D eigenvalue weighted by Crippen LogP contribution is 2.22. The number of anilines is 1. The van der Waals surface area contributed by atoms with E-state index in [4.69, 9.17) is 4.74 Å². The van der Waals surface area contributed by atoms with Crippen LogP contribution in [0.3, 0.4) is 0 Å². The van der Waals surface area contributed by atoms with Gasteiger partial charge in [0.25, 0.3) is 5.91 Å². The van der Waals surface area contributed by atoms with E-state index < -0.39 is 10.0 Å². The minimum atomic E-state index is -3.23. The number of ether oxygens (including phenoxy) is 1. The number of hydrogen-bond donors (Lipinski definition) is 2. The second-order valence-electron chi connectivity index (χ2n) is 7.32. The molecule has 1 unspecified atom stereocenters. The molecule has 0 spiro atoms. The zero-order valence-corrected chi connectivity index (χ0v) is 16.8. The van der Waals surface area contributed by atoms with Gasteiger partial charge in [0.05, 0.1) is 23.6 Å². The lowest BCUT2D eigenvalue weighted by molar-refractivity contribution is -0.120. The number of rotatable bonds is 6. The molecule has 154 valence electrons. The van der Waals surface area contributed by atoms with Crippen LogP contribution in [0, 0.1) is 5.92 Å². The van der Waals surface area contributed by atoms with Gasteiger partial charge in [0.15, 0.2) is 0 Å². The fourth-order valence-electron chi connectivity index (χ4n) is 3.58. The van der Waals surface area contributed by atoms with Crippen molar-refractivity contribution in [3.63, 3.8) is 0 Å². The molecule has 1 atom stereocenters. The molecule has 0 radical (unpaired) electrons. The van der Waals surface area contributed by atoms with E-state index in [0.29, 0.717) is 43.7 Å². The van der Waals surface area contributed by atoms with Gasteiger partial charge in [0.1, 0.15) is 0 Å². The Morgan fingerprint density at radius 1 is 1.18 bits per heavy atom. The van der Waals surface area contributed by atoms with Gasteiger partial charge in [-0.3, -0.25) is 9.59 Å². The van der Waals surface area contributed by atoms with Crippen LogP contribution < -0.4 is 10.6 Å². The zero-order valence-electron chi connectivity index (χ0n) is 16.0. The summed E-state index contributed by atoms with van der Waals surface area (Å²) in [6.07, 6.45) is 4.10. The summed E-state index contributed by atoms with van der Waals surface area (Å²) in [5.74, 6) is -0.716. The van der Waals surface area contributed by atoms with E-state index in [1.807, 2.05) is 0 Å². The molecular formula is C19H27N3O5S. The molecule has 3 rings (SSSR count). The number of carbonyl (C=O) groups is 2. The average molecular weight is 410 g/mol. The number of piperidine rings is 1. The monoisotopic (exact) mass is 409 g/mol. The second-order valence-corrected chi connectivity index (χ2v) is 9.30. The van der Waals surface area contributed by atoms with Crippen molar-refractivity contribution >= 4 is 27.5 Å².